The lowest BCUT2D eigenvalue weighted by Crippen LogP contribution is -2.60. The van der Waals surface area contributed by atoms with Gasteiger partial charge in [0.15, 0.2) is 5.82 Å². The van der Waals surface area contributed by atoms with E-state index in [0.717, 1.165) is 43.0 Å². The standard InChI is InChI=1S/C23H25ClFN3O2/c1-13-9-28(16-11-30-12-16)10-14(2)23(13,29)18-4-3-15(7-19(18)24)17-5-6-26-22-21(17)20(25)8-27-22/h3-8,13-14,16,29H,9-12H2,1-2H3,(H,26,27)/t13-,14+,23?. The van der Waals surface area contributed by atoms with Crippen molar-refractivity contribution in [1.82, 2.24) is 14.9 Å². The van der Waals surface area contributed by atoms with Gasteiger partial charge < -0.3 is 14.8 Å². The summed E-state index contributed by atoms with van der Waals surface area (Å²) in [4.78, 5) is 9.44. The van der Waals surface area contributed by atoms with Gasteiger partial charge >= 0.3 is 0 Å². The molecule has 0 amide bonds. The van der Waals surface area contributed by atoms with Crippen molar-refractivity contribution in [3.8, 4) is 11.1 Å². The van der Waals surface area contributed by atoms with Crippen LogP contribution in [-0.4, -0.2) is 52.3 Å². The number of fused-ring (bicyclic) bond motifs is 1. The highest BCUT2D eigenvalue weighted by Crippen LogP contribution is 2.45. The highest BCUT2D eigenvalue weighted by atomic mass is 35.5. The van der Waals surface area contributed by atoms with Gasteiger partial charge in [0, 0.05) is 47.9 Å². The van der Waals surface area contributed by atoms with E-state index in [4.69, 9.17) is 16.3 Å². The van der Waals surface area contributed by atoms with Gasteiger partial charge in [0.1, 0.15) is 5.65 Å². The summed E-state index contributed by atoms with van der Waals surface area (Å²) >= 11 is 6.72. The van der Waals surface area contributed by atoms with Gasteiger partial charge in [-0.2, -0.15) is 0 Å². The summed E-state index contributed by atoms with van der Waals surface area (Å²) in [5.41, 5.74) is 1.72. The maximum atomic E-state index is 14.3. The summed E-state index contributed by atoms with van der Waals surface area (Å²) in [5, 5.41) is 12.7. The van der Waals surface area contributed by atoms with Crippen molar-refractivity contribution in [3.63, 3.8) is 0 Å². The van der Waals surface area contributed by atoms with E-state index in [-0.39, 0.29) is 17.7 Å². The molecule has 7 heteroatoms. The molecule has 2 saturated heterocycles. The van der Waals surface area contributed by atoms with E-state index in [2.05, 4.69) is 28.7 Å². The third-order valence-electron chi connectivity index (χ3n) is 6.89. The first-order valence-corrected chi connectivity index (χ1v) is 10.7. The fourth-order valence-corrected chi connectivity index (χ4v) is 5.40. The summed E-state index contributed by atoms with van der Waals surface area (Å²) in [6.07, 6.45) is 2.96. The van der Waals surface area contributed by atoms with Gasteiger partial charge in [-0.15, -0.1) is 0 Å². The number of likely N-dealkylation sites (tertiary alicyclic amines) is 1. The number of hydrogen-bond donors (Lipinski definition) is 2. The largest absolute Gasteiger partial charge is 0.384 e. The molecule has 5 nitrogen and oxygen atoms in total. The zero-order valence-electron chi connectivity index (χ0n) is 17.0. The van der Waals surface area contributed by atoms with Gasteiger partial charge in [-0.1, -0.05) is 37.6 Å². The van der Waals surface area contributed by atoms with Crippen LogP contribution in [0.15, 0.2) is 36.7 Å². The number of aromatic amines is 1. The van der Waals surface area contributed by atoms with E-state index in [1.165, 1.54) is 6.20 Å². The number of H-pyrrole nitrogens is 1. The molecule has 2 aliphatic rings. The predicted molar refractivity (Wildman–Crippen MR) is 115 cm³/mol. The normalized spacial score (nSPS) is 28.0. The first kappa shape index (κ1) is 19.9. The molecule has 3 atom stereocenters. The molecular weight excluding hydrogens is 405 g/mol. The van der Waals surface area contributed by atoms with Crippen molar-refractivity contribution in [2.75, 3.05) is 26.3 Å². The molecule has 5 rings (SSSR count). The van der Waals surface area contributed by atoms with E-state index in [0.29, 0.717) is 22.1 Å². The molecule has 1 aromatic carbocycles. The third kappa shape index (κ3) is 2.97. The van der Waals surface area contributed by atoms with Gasteiger partial charge in [0.25, 0.3) is 0 Å². The number of hydrogen-bond acceptors (Lipinski definition) is 4. The van der Waals surface area contributed by atoms with Crippen LogP contribution in [0.25, 0.3) is 22.2 Å². The lowest BCUT2D eigenvalue weighted by atomic mass is 9.70. The highest BCUT2D eigenvalue weighted by Gasteiger charge is 2.48. The molecule has 2 N–H and O–H groups in total. The van der Waals surface area contributed by atoms with Crippen LogP contribution >= 0.6 is 11.6 Å². The Morgan fingerprint density at radius 2 is 1.97 bits per heavy atom. The molecular formula is C23H25ClFN3O2. The second-order valence-electron chi connectivity index (χ2n) is 8.69. The van der Waals surface area contributed by atoms with Crippen molar-refractivity contribution in [3.05, 3.63) is 53.1 Å². The van der Waals surface area contributed by atoms with Crippen molar-refractivity contribution in [2.45, 2.75) is 25.5 Å². The predicted octanol–water partition coefficient (Wildman–Crippen LogP) is 4.20. The van der Waals surface area contributed by atoms with Crippen LogP contribution in [0, 0.1) is 17.7 Å². The lowest BCUT2D eigenvalue weighted by Gasteiger charge is -2.51. The fraction of sp³-hybridized carbons (Fsp3) is 0.435. The zero-order chi connectivity index (χ0) is 21.0. The monoisotopic (exact) mass is 429 g/mol. The van der Waals surface area contributed by atoms with Crippen LogP contribution in [-0.2, 0) is 10.3 Å². The number of nitrogens with zero attached hydrogens (tertiary/aromatic N) is 2. The lowest BCUT2D eigenvalue weighted by molar-refractivity contribution is -0.151. The van der Waals surface area contributed by atoms with Gasteiger partial charge in [-0.25, -0.2) is 9.37 Å². The number of aliphatic hydroxyl groups is 1. The Hall–Kier alpha value is -1.99. The number of aromatic nitrogens is 2. The first-order valence-electron chi connectivity index (χ1n) is 10.4. The molecule has 0 aliphatic carbocycles. The molecule has 30 heavy (non-hydrogen) atoms. The molecule has 0 bridgehead atoms. The Kier molecular flexibility index (Phi) is 4.86. The number of halogens is 2. The SMILES string of the molecule is C[C@@H]1CN(C2COC2)C[C@H](C)C1(O)c1ccc(-c2ccnc3[nH]cc(F)c23)cc1Cl. The number of piperidine rings is 1. The molecule has 2 aromatic heterocycles. The number of ether oxygens (including phenoxy) is 1. The van der Waals surface area contributed by atoms with Gasteiger partial charge in [-0.3, -0.25) is 4.90 Å². The number of nitrogens with one attached hydrogen (secondary N) is 1. The maximum absolute atomic E-state index is 14.3. The van der Waals surface area contributed by atoms with E-state index in [1.807, 2.05) is 18.2 Å². The van der Waals surface area contributed by atoms with Crippen molar-refractivity contribution < 1.29 is 14.2 Å². The molecule has 2 fully saturated rings. The fourth-order valence-electron chi connectivity index (χ4n) is 5.07. The molecule has 0 saturated carbocycles. The summed E-state index contributed by atoms with van der Waals surface area (Å²) in [7, 11) is 0. The Morgan fingerprint density at radius 3 is 2.60 bits per heavy atom. The highest BCUT2D eigenvalue weighted by molar-refractivity contribution is 6.31. The van der Waals surface area contributed by atoms with Crippen molar-refractivity contribution in [1.29, 1.82) is 0 Å². The molecule has 2 aliphatic heterocycles. The summed E-state index contributed by atoms with van der Waals surface area (Å²) < 4.78 is 19.6. The smallest absolute Gasteiger partial charge is 0.150 e. The molecule has 158 valence electrons. The molecule has 0 spiro atoms. The topological polar surface area (TPSA) is 61.4 Å². The number of pyridine rings is 1. The summed E-state index contributed by atoms with van der Waals surface area (Å²) in [6, 6.07) is 7.85. The second-order valence-corrected chi connectivity index (χ2v) is 9.09. The van der Waals surface area contributed by atoms with Crippen molar-refractivity contribution >= 4 is 22.6 Å². The van der Waals surface area contributed by atoms with Crippen LogP contribution < -0.4 is 0 Å². The van der Waals surface area contributed by atoms with Crippen molar-refractivity contribution in [2.24, 2.45) is 11.8 Å². The van der Waals surface area contributed by atoms with Crippen LogP contribution in [0.3, 0.4) is 0 Å². The summed E-state index contributed by atoms with van der Waals surface area (Å²) in [5.74, 6) is -0.318. The van der Waals surface area contributed by atoms with Crippen LogP contribution in [0.5, 0.6) is 0 Å². The first-order chi connectivity index (χ1) is 14.4. The minimum absolute atomic E-state index is 0.0138. The van der Waals surface area contributed by atoms with Gasteiger partial charge in [0.05, 0.1) is 30.2 Å². The molecule has 3 aromatic rings. The maximum Gasteiger partial charge on any atom is 0.150 e. The van der Waals surface area contributed by atoms with Crippen LogP contribution in [0.2, 0.25) is 5.02 Å². The zero-order valence-corrected chi connectivity index (χ0v) is 17.8. The average Bonchev–Trinajstić information content (AvgIpc) is 3.06. The minimum Gasteiger partial charge on any atom is -0.384 e. The quantitative estimate of drug-likeness (QED) is 0.655. The average molecular weight is 430 g/mol. The van der Waals surface area contributed by atoms with E-state index >= 15 is 0 Å². The second kappa shape index (κ2) is 7.31. The molecule has 0 radical (unpaired) electrons. The number of rotatable bonds is 3. The summed E-state index contributed by atoms with van der Waals surface area (Å²) in [6.45, 7) is 7.29. The van der Waals surface area contributed by atoms with Crippen LogP contribution in [0.1, 0.15) is 19.4 Å². The Balaban J connectivity index is 1.51. The molecule has 1 unspecified atom stereocenters. The van der Waals surface area contributed by atoms with E-state index in [9.17, 15) is 9.50 Å². The molecule has 4 heterocycles. The Morgan fingerprint density at radius 1 is 1.23 bits per heavy atom. The number of benzene rings is 1. The Bertz CT molecular complexity index is 1090. The van der Waals surface area contributed by atoms with Crippen LogP contribution in [0.4, 0.5) is 4.39 Å². The van der Waals surface area contributed by atoms with E-state index in [1.54, 1.807) is 12.3 Å². The third-order valence-corrected chi connectivity index (χ3v) is 7.21. The van der Waals surface area contributed by atoms with Gasteiger partial charge in [-0.05, 0) is 23.3 Å². The van der Waals surface area contributed by atoms with Gasteiger partial charge in [0.2, 0.25) is 0 Å². The Labute approximate surface area is 179 Å². The van der Waals surface area contributed by atoms with E-state index < -0.39 is 5.60 Å². The minimum atomic E-state index is -1.02.